The summed E-state index contributed by atoms with van der Waals surface area (Å²) in [6.07, 6.45) is 6.46. The molecule has 3 rings (SSSR count). The number of carbonyl (C=O) groups is 2. The Morgan fingerprint density at radius 1 is 1.12 bits per heavy atom. The summed E-state index contributed by atoms with van der Waals surface area (Å²) in [7, 11) is 0. The number of aliphatic hydroxyl groups is 1. The Balaban J connectivity index is 1.53. The second-order valence-corrected chi connectivity index (χ2v) is 7.50. The molecule has 3 fully saturated rings. The Morgan fingerprint density at radius 3 is 2.67 bits per heavy atom. The number of likely N-dealkylation sites (tertiary alicyclic amines) is 3. The minimum absolute atomic E-state index is 0.189. The molecule has 0 radical (unpaired) electrons. The van der Waals surface area contributed by atoms with Crippen molar-refractivity contribution in [3.63, 3.8) is 0 Å². The van der Waals surface area contributed by atoms with Crippen LogP contribution < -0.4 is 0 Å². The van der Waals surface area contributed by atoms with Gasteiger partial charge in [0.1, 0.15) is 0 Å². The first-order chi connectivity index (χ1) is 11.7. The standard InChI is InChI=1S/C18H31N3O3/c22-12-4-3-10-21-16-7-11-20(13-15(16)5-6-17(21)23)18(24)14-19-8-1-2-9-19/h15-16,22H,1-14H2/t15-,16+/m0/s1. The molecule has 0 bridgehead atoms. The van der Waals surface area contributed by atoms with Gasteiger partial charge in [-0.25, -0.2) is 0 Å². The second-order valence-electron chi connectivity index (χ2n) is 7.50. The zero-order valence-corrected chi connectivity index (χ0v) is 14.7. The van der Waals surface area contributed by atoms with Gasteiger partial charge in [0.05, 0.1) is 6.54 Å². The molecule has 3 saturated heterocycles. The Kier molecular flexibility index (Phi) is 6.11. The number of hydrogen-bond acceptors (Lipinski definition) is 4. The van der Waals surface area contributed by atoms with E-state index in [4.69, 9.17) is 5.11 Å². The monoisotopic (exact) mass is 337 g/mol. The van der Waals surface area contributed by atoms with Crippen LogP contribution in [0.15, 0.2) is 0 Å². The van der Waals surface area contributed by atoms with E-state index >= 15 is 0 Å². The van der Waals surface area contributed by atoms with Crippen LogP contribution in [0.5, 0.6) is 0 Å². The molecular weight excluding hydrogens is 306 g/mol. The molecule has 24 heavy (non-hydrogen) atoms. The Labute approximate surface area is 144 Å². The predicted octanol–water partition coefficient (Wildman–Crippen LogP) is 0.694. The number of amides is 2. The fourth-order valence-electron chi connectivity index (χ4n) is 4.49. The largest absolute Gasteiger partial charge is 0.396 e. The van der Waals surface area contributed by atoms with Crippen LogP contribution in [0.2, 0.25) is 0 Å². The van der Waals surface area contributed by atoms with Crippen LogP contribution in [-0.4, -0.2) is 83.5 Å². The van der Waals surface area contributed by atoms with Crippen molar-refractivity contribution in [2.75, 3.05) is 45.9 Å². The highest BCUT2D eigenvalue weighted by Crippen LogP contribution is 2.31. The molecule has 0 spiro atoms. The summed E-state index contributed by atoms with van der Waals surface area (Å²) in [6, 6.07) is 0.292. The molecule has 2 atom stereocenters. The Morgan fingerprint density at radius 2 is 1.92 bits per heavy atom. The molecule has 3 aliphatic heterocycles. The molecule has 0 unspecified atom stereocenters. The van der Waals surface area contributed by atoms with Crippen molar-refractivity contribution in [2.24, 2.45) is 5.92 Å². The zero-order valence-electron chi connectivity index (χ0n) is 14.7. The van der Waals surface area contributed by atoms with Crippen molar-refractivity contribution in [3.05, 3.63) is 0 Å². The lowest BCUT2D eigenvalue weighted by Gasteiger charge is -2.47. The quantitative estimate of drug-likeness (QED) is 0.725. The van der Waals surface area contributed by atoms with Crippen molar-refractivity contribution in [1.29, 1.82) is 0 Å². The third-order valence-electron chi connectivity index (χ3n) is 5.86. The number of unbranched alkanes of at least 4 members (excludes halogenated alkanes) is 1. The summed E-state index contributed by atoms with van der Waals surface area (Å²) >= 11 is 0. The SMILES string of the molecule is O=C(CN1CCCC1)N1CC[C@@H]2[C@@H](CCC(=O)N2CCCCO)C1. The molecule has 3 aliphatic rings. The molecular formula is C18H31N3O3. The summed E-state index contributed by atoms with van der Waals surface area (Å²) in [5.74, 6) is 0.943. The van der Waals surface area contributed by atoms with Crippen LogP contribution in [-0.2, 0) is 9.59 Å². The minimum atomic E-state index is 0.189. The van der Waals surface area contributed by atoms with E-state index in [-0.39, 0.29) is 18.4 Å². The summed E-state index contributed by atoms with van der Waals surface area (Å²) in [5, 5.41) is 8.96. The van der Waals surface area contributed by atoms with Crippen molar-refractivity contribution in [3.8, 4) is 0 Å². The summed E-state index contributed by atoms with van der Waals surface area (Å²) < 4.78 is 0. The van der Waals surface area contributed by atoms with Crippen LogP contribution in [0.3, 0.4) is 0 Å². The van der Waals surface area contributed by atoms with Crippen LogP contribution >= 0.6 is 0 Å². The third kappa shape index (κ3) is 4.09. The van der Waals surface area contributed by atoms with Gasteiger partial charge in [0.2, 0.25) is 11.8 Å². The number of rotatable bonds is 6. The molecule has 0 aromatic carbocycles. The molecule has 3 heterocycles. The van der Waals surface area contributed by atoms with E-state index in [1.165, 1.54) is 12.8 Å². The lowest BCUT2D eigenvalue weighted by molar-refractivity contribution is -0.144. The highest BCUT2D eigenvalue weighted by molar-refractivity contribution is 5.79. The van der Waals surface area contributed by atoms with Crippen LogP contribution in [0.1, 0.15) is 44.9 Å². The predicted molar refractivity (Wildman–Crippen MR) is 91.4 cm³/mol. The van der Waals surface area contributed by atoms with Crippen LogP contribution in [0, 0.1) is 5.92 Å². The molecule has 2 amide bonds. The van der Waals surface area contributed by atoms with E-state index < -0.39 is 0 Å². The first-order valence-electron chi connectivity index (χ1n) is 9.59. The van der Waals surface area contributed by atoms with Gasteiger partial charge in [-0.05, 0) is 57.5 Å². The molecule has 136 valence electrons. The maximum atomic E-state index is 12.6. The highest BCUT2D eigenvalue weighted by atomic mass is 16.3. The number of aliphatic hydroxyl groups excluding tert-OH is 1. The van der Waals surface area contributed by atoms with Gasteiger partial charge in [0.25, 0.3) is 0 Å². The lowest BCUT2D eigenvalue weighted by Crippen LogP contribution is -2.57. The van der Waals surface area contributed by atoms with Gasteiger partial charge >= 0.3 is 0 Å². The maximum Gasteiger partial charge on any atom is 0.236 e. The average Bonchev–Trinajstić information content (AvgIpc) is 3.09. The first kappa shape index (κ1) is 17.7. The summed E-state index contributed by atoms with van der Waals surface area (Å²) in [5.41, 5.74) is 0. The minimum Gasteiger partial charge on any atom is -0.396 e. The third-order valence-corrected chi connectivity index (χ3v) is 5.86. The zero-order chi connectivity index (χ0) is 16.9. The van der Waals surface area contributed by atoms with Gasteiger partial charge in [-0.15, -0.1) is 0 Å². The summed E-state index contributed by atoms with van der Waals surface area (Å²) in [6.45, 7) is 5.20. The number of nitrogens with zero attached hydrogens (tertiary/aromatic N) is 3. The maximum absolute atomic E-state index is 12.6. The molecule has 6 nitrogen and oxygen atoms in total. The van der Waals surface area contributed by atoms with Gasteiger partial charge in [-0.1, -0.05) is 0 Å². The van der Waals surface area contributed by atoms with E-state index in [1.54, 1.807) is 0 Å². The van der Waals surface area contributed by atoms with Gasteiger partial charge in [-0.2, -0.15) is 0 Å². The molecule has 0 saturated carbocycles. The van der Waals surface area contributed by atoms with E-state index in [0.29, 0.717) is 24.9 Å². The van der Waals surface area contributed by atoms with Gasteiger partial charge in [0, 0.05) is 38.7 Å². The molecule has 6 heteroatoms. The molecule has 0 aromatic heterocycles. The molecule has 1 N–H and O–H groups in total. The molecule has 0 aliphatic carbocycles. The first-order valence-corrected chi connectivity index (χ1v) is 9.59. The van der Waals surface area contributed by atoms with Crippen molar-refractivity contribution in [2.45, 2.75) is 51.0 Å². The van der Waals surface area contributed by atoms with Crippen molar-refractivity contribution in [1.82, 2.24) is 14.7 Å². The van der Waals surface area contributed by atoms with Gasteiger partial charge < -0.3 is 14.9 Å². The fraction of sp³-hybridized carbons (Fsp3) is 0.889. The van der Waals surface area contributed by atoms with Crippen LogP contribution in [0.4, 0.5) is 0 Å². The number of fused-ring (bicyclic) bond motifs is 1. The highest BCUT2D eigenvalue weighted by Gasteiger charge is 2.40. The smallest absolute Gasteiger partial charge is 0.236 e. The number of hydrogen-bond donors (Lipinski definition) is 1. The van der Waals surface area contributed by atoms with E-state index in [1.807, 2.05) is 9.80 Å². The number of carbonyl (C=O) groups excluding carboxylic acids is 2. The van der Waals surface area contributed by atoms with E-state index in [9.17, 15) is 9.59 Å². The second kappa shape index (κ2) is 8.30. The number of piperidine rings is 2. The van der Waals surface area contributed by atoms with Gasteiger partial charge in [-0.3, -0.25) is 14.5 Å². The Bertz CT molecular complexity index is 451. The molecule has 0 aromatic rings. The fourth-order valence-corrected chi connectivity index (χ4v) is 4.49. The summed E-state index contributed by atoms with van der Waals surface area (Å²) in [4.78, 5) is 31.2. The van der Waals surface area contributed by atoms with E-state index in [0.717, 1.165) is 58.4 Å². The van der Waals surface area contributed by atoms with Crippen LogP contribution in [0.25, 0.3) is 0 Å². The van der Waals surface area contributed by atoms with Gasteiger partial charge in [0.15, 0.2) is 0 Å². The topological polar surface area (TPSA) is 64.1 Å². The average molecular weight is 337 g/mol. The normalized spacial score (nSPS) is 28.3. The van der Waals surface area contributed by atoms with E-state index in [2.05, 4.69) is 4.90 Å². The van der Waals surface area contributed by atoms with Crippen molar-refractivity contribution >= 4 is 11.8 Å². The Hall–Kier alpha value is -1.14. The lowest BCUT2D eigenvalue weighted by atomic mass is 9.83. The van der Waals surface area contributed by atoms with Crippen molar-refractivity contribution < 1.29 is 14.7 Å².